The Morgan fingerprint density at radius 3 is 2.54 bits per heavy atom. The van der Waals surface area contributed by atoms with Crippen molar-refractivity contribution >= 4 is 41.3 Å². The summed E-state index contributed by atoms with van der Waals surface area (Å²) in [5.74, 6) is 2.25. The highest BCUT2D eigenvalue weighted by Gasteiger charge is 2.05. The molecule has 1 heterocycles. The van der Waals surface area contributed by atoms with E-state index in [0.29, 0.717) is 6.54 Å². The summed E-state index contributed by atoms with van der Waals surface area (Å²) in [7, 11) is 3.27. The van der Waals surface area contributed by atoms with Crippen LogP contribution in [0.2, 0.25) is 0 Å². The molecule has 1 aromatic carbocycles. The average Bonchev–Trinajstić information content (AvgIpc) is 3.10. The Hall–Kier alpha value is -1.48. The maximum absolute atomic E-state index is 5.32. The lowest BCUT2D eigenvalue weighted by atomic mass is 10.2. The summed E-state index contributed by atoms with van der Waals surface area (Å²) < 4.78 is 10.6. The first-order chi connectivity index (χ1) is 11.3. The molecule has 7 heteroatoms. The van der Waals surface area contributed by atoms with Gasteiger partial charge in [-0.1, -0.05) is 12.1 Å². The lowest BCUT2D eigenvalue weighted by Crippen LogP contribution is -2.36. The van der Waals surface area contributed by atoms with Crippen LogP contribution in [0.15, 0.2) is 40.7 Å². The van der Waals surface area contributed by atoms with Gasteiger partial charge in [-0.3, -0.25) is 0 Å². The molecule has 0 fully saturated rings. The predicted molar refractivity (Wildman–Crippen MR) is 111 cm³/mol. The van der Waals surface area contributed by atoms with Gasteiger partial charge in [-0.25, -0.2) is 4.99 Å². The number of nitrogens with one attached hydrogen (secondary N) is 2. The Balaban J connectivity index is 0.00000288. The topological polar surface area (TPSA) is 54.9 Å². The lowest BCUT2D eigenvalue weighted by molar-refractivity contribution is 0.354. The third-order valence-corrected chi connectivity index (χ3v) is 4.10. The van der Waals surface area contributed by atoms with E-state index in [4.69, 9.17) is 9.47 Å². The maximum atomic E-state index is 5.32. The molecule has 0 amide bonds. The lowest BCUT2D eigenvalue weighted by Gasteiger charge is -2.11. The van der Waals surface area contributed by atoms with Gasteiger partial charge in [0.05, 0.1) is 27.3 Å². The van der Waals surface area contributed by atoms with Crippen LogP contribution in [0.3, 0.4) is 0 Å². The van der Waals surface area contributed by atoms with Crippen molar-refractivity contribution in [3.8, 4) is 11.5 Å². The fraction of sp³-hybridized carbons (Fsp3) is 0.353. The minimum absolute atomic E-state index is 0. The van der Waals surface area contributed by atoms with Gasteiger partial charge in [-0.15, -0.1) is 35.3 Å². The molecular formula is C17H24IN3O2S. The highest BCUT2D eigenvalue weighted by molar-refractivity contribution is 14.0. The van der Waals surface area contributed by atoms with Gasteiger partial charge < -0.3 is 20.1 Å². The number of hydrogen-bond donors (Lipinski definition) is 2. The van der Waals surface area contributed by atoms with E-state index in [1.807, 2.05) is 18.2 Å². The molecule has 5 nitrogen and oxygen atoms in total. The summed E-state index contributed by atoms with van der Waals surface area (Å²) in [4.78, 5) is 5.90. The zero-order valence-electron chi connectivity index (χ0n) is 14.2. The number of methoxy groups -OCH3 is 2. The van der Waals surface area contributed by atoms with Gasteiger partial charge in [0.2, 0.25) is 0 Å². The molecule has 0 saturated carbocycles. The number of aliphatic imine (C=N–C) groups is 1. The van der Waals surface area contributed by atoms with Gasteiger partial charge in [0.15, 0.2) is 17.5 Å². The summed E-state index contributed by atoms with van der Waals surface area (Å²) in [5, 5.41) is 8.67. The molecule has 0 aliphatic rings. The molecule has 2 rings (SSSR count). The third kappa shape index (κ3) is 6.20. The van der Waals surface area contributed by atoms with Crippen molar-refractivity contribution in [1.29, 1.82) is 0 Å². The molecule has 132 valence electrons. The number of guanidine groups is 1. The van der Waals surface area contributed by atoms with E-state index in [2.05, 4.69) is 40.1 Å². The van der Waals surface area contributed by atoms with Gasteiger partial charge in [-0.05, 0) is 36.1 Å². The fourth-order valence-electron chi connectivity index (χ4n) is 2.08. The van der Waals surface area contributed by atoms with Crippen LogP contribution in [0.1, 0.15) is 17.4 Å². The summed E-state index contributed by atoms with van der Waals surface area (Å²) in [6.07, 6.45) is 0. The second kappa shape index (κ2) is 11.1. The second-order valence-corrected chi connectivity index (χ2v) is 5.85. The molecule has 0 atom stereocenters. The smallest absolute Gasteiger partial charge is 0.191 e. The van der Waals surface area contributed by atoms with Crippen LogP contribution in [-0.2, 0) is 13.1 Å². The Kier molecular flexibility index (Phi) is 9.55. The number of thiophene rings is 1. The van der Waals surface area contributed by atoms with Crippen LogP contribution in [0.25, 0.3) is 0 Å². The largest absolute Gasteiger partial charge is 0.493 e. The van der Waals surface area contributed by atoms with Crippen LogP contribution in [0, 0.1) is 0 Å². The highest BCUT2D eigenvalue weighted by Crippen LogP contribution is 2.27. The van der Waals surface area contributed by atoms with Crippen LogP contribution < -0.4 is 20.1 Å². The SMILES string of the molecule is CCNC(=NCc1ccc(OC)c(OC)c1)NCc1cccs1.I. The van der Waals surface area contributed by atoms with Crippen molar-refractivity contribution in [2.75, 3.05) is 20.8 Å². The third-order valence-electron chi connectivity index (χ3n) is 3.22. The molecule has 0 aliphatic carbocycles. The molecule has 0 saturated heterocycles. The van der Waals surface area contributed by atoms with E-state index in [9.17, 15) is 0 Å². The van der Waals surface area contributed by atoms with Crippen molar-refractivity contribution in [1.82, 2.24) is 10.6 Å². The Morgan fingerprint density at radius 1 is 1.12 bits per heavy atom. The van der Waals surface area contributed by atoms with Crippen LogP contribution >= 0.6 is 35.3 Å². The van der Waals surface area contributed by atoms with Gasteiger partial charge in [0.1, 0.15) is 0 Å². The Morgan fingerprint density at radius 2 is 1.92 bits per heavy atom. The summed E-state index contributed by atoms with van der Waals surface area (Å²) in [6.45, 7) is 4.22. The molecule has 24 heavy (non-hydrogen) atoms. The first kappa shape index (κ1) is 20.6. The van der Waals surface area contributed by atoms with Gasteiger partial charge >= 0.3 is 0 Å². The molecular weight excluding hydrogens is 437 g/mol. The maximum Gasteiger partial charge on any atom is 0.191 e. The van der Waals surface area contributed by atoms with E-state index < -0.39 is 0 Å². The van der Waals surface area contributed by atoms with Crippen LogP contribution in [0.5, 0.6) is 11.5 Å². The van der Waals surface area contributed by atoms with Crippen molar-refractivity contribution in [3.63, 3.8) is 0 Å². The molecule has 0 spiro atoms. The molecule has 0 radical (unpaired) electrons. The van der Waals surface area contributed by atoms with Gasteiger partial charge in [0, 0.05) is 11.4 Å². The van der Waals surface area contributed by atoms with E-state index in [-0.39, 0.29) is 24.0 Å². The van der Waals surface area contributed by atoms with Gasteiger partial charge in [-0.2, -0.15) is 0 Å². The van der Waals surface area contributed by atoms with E-state index in [1.54, 1.807) is 25.6 Å². The van der Waals surface area contributed by atoms with Crippen LogP contribution in [-0.4, -0.2) is 26.7 Å². The Bertz CT molecular complexity index is 633. The first-order valence-electron chi connectivity index (χ1n) is 7.52. The minimum atomic E-state index is 0. The zero-order valence-corrected chi connectivity index (χ0v) is 17.3. The van der Waals surface area contributed by atoms with Crippen molar-refractivity contribution in [3.05, 3.63) is 46.2 Å². The number of benzene rings is 1. The molecule has 1 aromatic heterocycles. The highest BCUT2D eigenvalue weighted by atomic mass is 127. The van der Waals surface area contributed by atoms with Crippen molar-refractivity contribution in [2.45, 2.75) is 20.0 Å². The van der Waals surface area contributed by atoms with Gasteiger partial charge in [0.25, 0.3) is 0 Å². The number of ether oxygens (including phenoxy) is 2. The molecule has 0 unspecified atom stereocenters. The second-order valence-electron chi connectivity index (χ2n) is 4.82. The average molecular weight is 461 g/mol. The summed E-state index contributed by atoms with van der Waals surface area (Å²) in [5.41, 5.74) is 1.07. The van der Waals surface area contributed by atoms with Crippen LogP contribution in [0.4, 0.5) is 0 Å². The zero-order chi connectivity index (χ0) is 16.5. The predicted octanol–water partition coefficient (Wildman–Crippen LogP) is 3.64. The number of rotatable bonds is 7. The van der Waals surface area contributed by atoms with Crippen molar-refractivity contribution < 1.29 is 9.47 Å². The molecule has 2 aromatic rings. The number of nitrogens with zero attached hydrogens (tertiary/aromatic N) is 1. The van der Waals surface area contributed by atoms with E-state index in [0.717, 1.165) is 36.1 Å². The van der Waals surface area contributed by atoms with E-state index >= 15 is 0 Å². The standard InChI is InChI=1S/C17H23N3O2S.HI/c1-4-18-17(20-12-14-6-5-9-23-14)19-11-13-7-8-15(21-2)16(10-13)22-3;/h5-10H,4,11-12H2,1-3H3,(H2,18,19,20);1H. The number of hydrogen-bond acceptors (Lipinski definition) is 4. The first-order valence-corrected chi connectivity index (χ1v) is 8.40. The monoisotopic (exact) mass is 461 g/mol. The quantitative estimate of drug-likeness (QED) is 0.376. The molecule has 0 aliphatic heterocycles. The summed E-state index contributed by atoms with van der Waals surface area (Å²) >= 11 is 1.73. The van der Waals surface area contributed by atoms with E-state index in [1.165, 1.54) is 4.88 Å². The van der Waals surface area contributed by atoms with Crippen molar-refractivity contribution in [2.24, 2.45) is 4.99 Å². The molecule has 0 bridgehead atoms. The Labute approximate surface area is 164 Å². The fourth-order valence-corrected chi connectivity index (χ4v) is 2.72. The summed E-state index contributed by atoms with van der Waals surface area (Å²) in [6, 6.07) is 10.00. The molecule has 2 N–H and O–H groups in total. The number of halogens is 1. The normalized spacial score (nSPS) is 10.7. The minimum Gasteiger partial charge on any atom is -0.493 e.